The van der Waals surface area contributed by atoms with Crippen molar-refractivity contribution in [3.63, 3.8) is 0 Å². The van der Waals surface area contributed by atoms with E-state index in [1.165, 1.54) is 0 Å². The van der Waals surface area contributed by atoms with E-state index in [1.54, 1.807) is 31.2 Å². The minimum absolute atomic E-state index is 0.0507. The molecule has 0 heterocycles. The van der Waals surface area contributed by atoms with Gasteiger partial charge in [0.25, 0.3) is 5.91 Å². The molecule has 6 nitrogen and oxygen atoms in total. The summed E-state index contributed by atoms with van der Waals surface area (Å²) in [6.45, 7) is 5.28. The molecular formula is C20H21BrClN3O3. The van der Waals surface area contributed by atoms with Crippen molar-refractivity contribution in [1.82, 2.24) is 5.43 Å². The maximum absolute atomic E-state index is 12.1. The van der Waals surface area contributed by atoms with E-state index in [-0.39, 0.29) is 18.9 Å². The number of carbonyl (C=O) groups excluding carboxylic acids is 2. The van der Waals surface area contributed by atoms with Crippen molar-refractivity contribution in [3.05, 3.63) is 57.0 Å². The highest BCUT2D eigenvalue weighted by molar-refractivity contribution is 9.10. The summed E-state index contributed by atoms with van der Waals surface area (Å²) in [5, 5.41) is 7.33. The SMILES string of the molecule is C/C(CC(=O)Nc1ccc(Cl)cc1C)=N/NC(=O)COc1ccc(Br)c(C)c1. The molecule has 28 heavy (non-hydrogen) atoms. The number of aryl methyl sites for hydroxylation is 2. The molecule has 2 N–H and O–H groups in total. The van der Waals surface area contributed by atoms with Crippen molar-refractivity contribution in [3.8, 4) is 5.75 Å². The van der Waals surface area contributed by atoms with Crippen LogP contribution in [0.3, 0.4) is 0 Å². The Morgan fingerprint density at radius 3 is 2.54 bits per heavy atom. The fraction of sp³-hybridized carbons (Fsp3) is 0.250. The Hall–Kier alpha value is -2.38. The van der Waals surface area contributed by atoms with Crippen LogP contribution in [0.5, 0.6) is 5.75 Å². The smallest absolute Gasteiger partial charge is 0.277 e. The van der Waals surface area contributed by atoms with Gasteiger partial charge in [-0.05, 0) is 68.3 Å². The van der Waals surface area contributed by atoms with Crippen LogP contribution in [-0.2, 0) is 9.59 Å². The Morgan fingerprint density at radius 2 is 1.86 bits per heavy atom. The third kappa shape index (κ3) is 6.98. The van der Waals surface area contributed by atoms with Crippen LogP contribution in [0.1, 0.15) is 24.5 Å². The Bertz CT molecular complexity index is 916. The predicted octanol–water partition coefficient (Wildman–Crippen LogP) is 4.62. The summed E-state index contributed by atoms with van der Waals surface area (Å²) in [5.41, 5.74) is 5.41. The summed E-state index contributed by atoms with van der Waals surface area (Å²) in [6.07, 6.45) is 0.0507. The molecule has 8 heteroatoms. The number of rotatable bonds is 7. The van der Waals surface area contributed by atoms with Crippen molar-refractivity contribution < 1.29 is 14.3 Å². The lowest BCUT2D eigenvalue weighted by Gasteiger charge is -2.09. The molecular weight excluding hydrogens is 446 g/mol. The van der Waals surface area contributed by atoms with Crippen LogP contribution in [-0.4, -0.2) is 24.1 Å². The fourth-order valence-electron chi connectivity index (χ4n) is 2.28. The van der Waals surface area contributed by atoms with Gasteiger partial charge in [-0.3, -0.25) is 9.59 Å². The minimum atomic E-state index is -0.408. The van der Waals surface area contributed by atoms with E-state index in [0.29, 0.717) is 22.2 Å². The number of amides is 2. The predicted molar refractivity (Wildman–Crippen MR) is 115 cm³/mol. The normalized spacial score (nSPS) is 11.1. The Morgan fingerprint density at radius 1 is 1.11 bits per heavy atom. The zero-order valence-corrected chi connectivity index (χ0v) is 18.1. The van der Waals surface area contributed by atoms with Gasteiger partial charge in [-0.1, -0.05) is 27.5 Å². The molecule has 0 bridgehead atoms. The van der Waals surface area contributed by atoms with E-state index in [2.05, 4.69) is 31.8 Å². The number of hydrazone groups is 1. The second kappa shape index (κ2) is 10.2. The first-order chi connectivity index (χ1) is 13.2. The lowest BCUT2D eigenvalue weighted by molar-refractivity contribution is -0.123. The molecule has 2 aromatic rings. The van der Waals surface area contributed by atoms with Crippen LogP contribution >= 0.6 is 27.5 Å². The molecule has 0 spiro atoms. The Labute approximate surface area is 177 Å². The number of carbonyl (C=O) groups is 2. The molecule has 0 aromatic heterocycles. The summed E-state index contributed by atoms with van der Waals surface area (Å²) in [7, 11) is 0. The maximum atomic E-state index is 12.1. The van der Waals surface area contributed by atoms with Crippen molar-refractivity contribution >= 4 is 50.7 Å². The number of benzene rings is 2. The van der Waals surface area contributed by atoms with Crippen LogP contribution in [0, 0.1) is 13.8 Å². The summed E-state index contributed by atoms with van der Waals surface area (Å²) in [6, 6.07) is 10.7. The molecule has 0 radical (unpaired) electrons. The second-order valence-electron chi connectivity index (χ2n) is 6.27. The lowest BCUT2D eigenvalue weighted by Crippen LogP contribution is -2.26. The Kier molecular flexibility index (Phi) is 8.02. The van der Waals surface area contributed by atoms with E-state index in [9.17, 15) is 9.59 Å². The number of nitrogens with one attached hydrogen (secondary N) is 2. The quantitative estimate of drug-likeness (QED) is 0.461. The molecule has 0 unspecified atom stereocenters. The first-order valence-corrected chi connectivity index (χ1v) is 9.68. The van der Waals surface area contributed by atoms with Crippen molar-refractivity contribution in [2.45, 2.75) is 27.2 Å². The molecule has 0 aliphatic rings. The molecule has 2 aromatic carbocycles. The monoisotopic (exact) mass is 465 g/mol. The first-order valence-electron chi connectivity index (χ1n) is 8.51. The molecule has 0 saturated heterocycles. The number of anilines is 1. The van der Waals surface area contributed by atoms with Crippen LogP contribution in [0.15, 0.2) is 46.0 Å². The topological polar surface area (TPSA) is 79.8 Å². The molecule has 0 fully saturated rings. The van der Waals surface area contributed by atoms with Gasteiger partial charge in [0.05, 0.1) is 6.42 Å². The molecule has 0 aliphatic heterocycles. The van der Waals surface area contributed by atoms with Gasteiger partial charge in [0.1, 0.15) is 5.75 Å². The van der Waals surface area contributed by atoms with Gasteiger partial charge >= 0.3 is 0 Å². The van der Waals surface area contributed by atoms with E-state index < -0.39 is 5.91 Å². The van der Waals surface area contributed by atoms with Gasteiger partial charge in [0.2, 0.25) is 5.91 Å². The Balaban J connectivity index is 1.79. The molecule has 2 rings (SSSR count). The number of halogens is 2. The van der Waals surface area contributed by atoms with Gasteiger partial charge in [-0.2, -0.15) is 5.10 Å². The third-order valence-electron chi connectivity index (χ3n) is 3.75. The zero-order chi connectivity index (χ0) is 20.7. The summed E-state index contributed by atoms with van der Waals surface area (Å²) >= 11 is 9.31. The standard InChI is InChI=1S/C20H21BrClN3O3/c1-12-9-16(5-6-17(12)21)28-11-20(27)25-24-14(3)10-19(26)23-18-7-4-15(22)8-13(18)2/h4-9H,10-11H2,1-3H3,(H,23,26)(H,25,27)/b24-14-. The highest BCUT2D eigenvalue weighted by Gasteiger charge is 2.08. The molecule has 2 amide bonds. The van der Waals surface area contributed by atoms with Gasteiger partial charge in [-0.15, -0.1) is 0 Å². The lowest BCUT2D eigenvalue weighted by atomic mass is 10.2. The van der Waals surface area contributed by atoms with Gasteiger partial charge in [-0.25, -0.2) is 5.43 Å². The maximum Gasteiger partial charge on any atom is 0.277 e. The molecule has 0 saturated carbocycles. The van der Waals surface area contributed by atoms with E-state index >= 15 is 0 Å². The zero-order valence-electron chi connectivity index (χ0n) is 15.8. The van der Waals surface area contributed by atoms with Gasteiger partial charge < -0.3 is 10.1 Å². The molecule has 0 atom stereocenters. The van der Waals surface area contributed by atoms with Crippen molar-refractivity contribution in [2.24, 2.45) is 5.10 Å². The summed E-state index contributed by atoms with van der Waals surface area (Å²) in [5.74, 6) is -0.0503. The molecule has 148 valence electrons. The average molecular weight is 467 g/mol. The van der Waals surface area contributed by atoms with Crippen LogP contribution < -0.4 is 15.5 Å². The van der Waals surface area contributed by atoms with Gasteiger partial charge in [0, 0.05) is 20.9 Å². The van der Waals surface area contributed by atoms with E-state index in [4.69, 9.17) is 16.3 Å². The number of nitrogens with zero attached hydrogens (tertiary/aromatic N) is 1. The minimum Gasteiger partial charge on any atom is -0.484 e. The van der Waals surface area contributed by atoms with Crippen molar-refractivity contribution in [2.75, 3.05) is 11.9 Å². The van der Waals surface area contributed by atoms with Gasteiger partial charge in [0.15, 0.2) is 6.61 Å². The highest BCUT2D eigenvalue weighted by Crippen LogP contribution is 2.21. The number of ether oxygens (including phenoxy) is 1. The van der Waals surface area contributed by atoms with E-state index in [0.717, 1.165) is 15.6 Å². The summed E-state index contributed by atoms with van der Waals surface area (Å²) < 4.78 is 6.40. The largest absolute Gasteiger partial charge is 0.484 e. The third-order valence-corrected chi connectivity index (χ3v) is 4.87. The molecule has 0 aliphatic carbocycles. The fourth-order valence-corrected chi connectivity index (χ4v) is 2.75. The van der Waals surface area contributed by atoms with Crippen LogP contribution in [0.2, 0.25) is 5.02 Å². The second-order valence-corrected chi connectivity index (χ2v) is 7.56. The highest BCUT2D eigenvalue weighted by atomic mass is 79.9. The first kappa shape index (κ1) is 21.9. The van der Waals surface area contributed by atoms with Crippen LogP contribution in [0.4, 0.5) is 5.69 Å². The summed E-state index contributed by atoms with van der Waals surface area (Å²) in [4.78, 5) is 24.0. The number of hydrogen-bond donors (Lipinski definition) is 2. The number of hydrogen-bond acceptors (Lipinski definition) is 4. The van der Waals surface area contributed by atoms with Crippen LogP contribution in [0.25, 0.3) is 0 Å². The van der Waals surface area contributed by atoms with E-state index in [1.807, 2.05) is 26.0 Å². The van der Waals surface area contributed by atoms with Crippen molar-refractivity contribution in [1.29, 1.82) is 0 Å². The average Bonchev–Trinajstić information content (AvgIpc) is 2.63.